The molecule has 0 aliphatic rings. The molecule has 0 aliphatic carbocycles. The number of aromatic nitrogens is 5. The first-order valence-corrected chi connectivity index (χ1v) is 17.0. The van der Waals surface area contributed by atoms with Crippen molar-refractivity contribution in [2.24, 2.45) is 0 Å². The van der Waals surface area contributed by atoms with Gasteiger partial charge in [-0.3, -0.25) is 4.40 Å². The van der Waals surface area contributed by atoms with Crippen molar-refractivity contribution >= 4 is 5.65 Å². The van der Waals surface area contributed by atoms with Crippen molar-refractivity contribution in [3.05, 3.63) is 188 Å². The summed E-state index contributed by atoms with van der Waals surface area (Å²) < 4.78 is 2.17. The number of benzene rings is 6. The fraction of sp³-hybridized carbons (Fsp3) is 0. The summed E-state index contributed by atoms with van der Waals surface area (Å²) in [6.07, 6.45) is 2.08. The van der Waals surface area contributed by atoms with Gasteiger partial charge in [-0.1, -0.05) is 158 Å². The van der Waals surface area contributed by atoms with E-state index in [2.05, 4.69) is 132 Å². The Morgan fingerprint density at radius 2 is 0.824 bits per heavy atom. The van der Waals surface area contributed by atoms with Crippen LogP contribution in [0.25, 0.3) is 84.6 Å². The van der Waals surface area contributed by atoms with E-state index in [1.807, 2.05) is 60.7 Å². The van der Waals surface area contributed by atoms with E-state index < -0.39 is 0 Å². The van der Waals surface area contributed by atoms with Gasteiger partial charge >= 0.3 is 0 Å². The van der Waals surface area contributed by atoms with Crippen LogP contribution in [-0.2, 0) is 0 Å². The maximum Gasteiger partial charge on any atom is 0.164 e. The predicted octanol–water partition coefficient (Wildman–Crippen LogP) is 11.2. The molecular weight excluding hydrogens is 623 g/mol. The molecule has 0 spiro atoms. The highest BCUT2D eigenvalue weighted by Crippen LogP contribution is 2.40. The Kier molecular flexibility index (Phi) is 7.76. The van der Waals surface area contributed by atoms with E-state index in [0.717, 1.165) is 67.1 Å². The first-order chi connectivity index (χ1) is 25.3. The molecule has 6 aromatic carbocycles. The Bertz CT molecular complexity index is 2620. The molecule has 3 heterocycles. The minimum absolute atomic E-state index is 0.603. The number of fused-ring (bicyclic) bond motifs is 1. The van der Waals surface area contributed by atoms with Crippen LogP contribution in [0.5, 0.6) is 0 Å². The van der Waals surface area contributed by atoms with Gasteiger partial charge in [0.25, 0.3) is 0 Å². The molecule has 0 saturated heterocycles. The van der Waals surface area contributed by atoms with Crippen molar-refractivity contribution in [3.63, 3.8) is 0 Å². The molecule has 0 unspecified atom stereocenters. The van der Waals surface area contributed by atoms with Crippen LogP contribution in [0.2, 0.25) is 0 Å². The molecule has 240 valence electrons. The Balaban J connectivity index is 1.25. The molecule has 51 heavy (non-hydrogen) atoms. The van der Waals surface area contributed by atoms with E-state index in [9.17, 15) is 0 Å². The highest BCUT2D eigenvalue weighted by atomic mass is 15.0. The number of hydrogen-bond donors (Lipinski definition) is 0. The van der Waals surface area contributed by atoms with Crippen LogP contribution in [0, 0.1) is 0 Å². The van der Waals surface area contributed by atoms with Crippen molar-refractivity contribution in [2.45, 2.75) is 0 Å². The topological polar surface area (TPSA) is 56.0 Å². The lowest BCUT2D eigenvalue weighted by Gasteiger charge is -2.14. The summed E-state index contributed by atoms with van der Waals surface area (Å²) in [5.41, 5.74) is 12.1. The van der Waals surface area contributed by atoms with Crippen LogP contribution in [0.15, 0.2) is 188 Å². The lowest BCUT2D eigenvalue weighted by Crippen LogP contribution is -2.01. The molecule has 0 aliphatic heterocycles. The van der Waals surface area contributed by atoms with Gasteiger partial charge in [-0.2, -0.15) is 0 Å². The van der Waals surface area contributed by atoms with E-state index >= 15 is 0 Å². The van der Waals surface area contributed by atoms with Crippen molar-refractivity contribution in [2.75, 3.05) is 0 Å². The average Bonchev–Trinajstić information content (AvgIpc) is 3.61. The van der Waals surface area contributed by atoms with Crippen LogP contribution in [0.4, 0.5) is 0 Å². The molecule has 0 amide bonds. The lowest BCUT2D eigenvalue weighted by atomic mass is 9.93. The highest BCUT2D eigenvalue weighted by Gasteiger charge is 2.21. The van der Waals surface area contributed by atoms with Crippen LogP contribution < -0.4 is 0 Å². The highest BCUT2D eigenvalue weighted by molar-refractivity contribution is 5.92. The van der Waals surface area contributed by atoms with Gasteiger partial charge in [0.2, 0.25) is 0 Å². The summed E-state index contributed by atoms with van der Waals surface area (Å²) in [5.74, 6) is 1.84. The number of rotatable bonds is 7. The summed E-state index contributed by atoms with van der Waals surface area (Å²) in [4.78, 5) is 20.4. The SMILES string of the molecule is c1ccc(-c2cccc(-c3nc(-c4ccccc4)nc(-c4ccc(-c5nc6ccccn6c5-c5ccccc5)c(-c5ccccc5)c4)n3)c2)cc1. The van der Waals surface area contributed by atoms with Crippen molar-refractivity contribution < 1.29 is 0 Å². The Labute approximate surface area is 296 Å². The molecule has 0 radical (unpaired) electrons. The molecule has 5 nitrogen and oxygen atoms in total. The Morgan fingerprint density at radius 3 is 1.49 bits per heavy atom. The van der Waals surface area contributed by atoms with E-state index in [0.29, 0.717) is 17.5 Å². The first kappa shape index (κ1) is 30.1. The van der Waals surface area contributed by atoms with Crippen LogP contribution in [0.1, 0.15) is 0 Å². The number of hydrogen-bond acceptors (Lipinski definition) is 4. The zero-order chi connectivity index (χ0) is 34.0. The fourth-order valence-corrected chi connectivity index (χ4v) is 6.62. The molecule has 0 bridgehead atoms. The zero-order valence-electron chi connectivity index (χ0n) is 27.6. The van der Waals surface area contributed by atoms with Crippen LogP contribution in [0.3, 0.4) is 0 Å². The molecule has 9 aromatic rings. The number of imidazole rings is 1. The van der Waals surface area contributed by atoms with E-state index in [1.165, 1.54) is 0 Å². The van der Waals surface area contributed by atoms with Crippen LogP contribution >= 0.6 is 0 Å². The third-order valence-corrected chi connectivity index (χ3v) is 9.09. The van der Waals surface area contributed by atoms with Gasteiger partial charge in [0.1, 0.15) is 5.65 Å². The first-order valence-electron chi connectivity index (χ1n) is 17.0. The van der Waals surface area contributed by atoms with Gasteiger partial charge in [0.05, 0.1) is 11.4 Å². The molecule has 0 N–H and O–H groups in total. The largest absolute Gasteiger partial charge is 0.299 e. The van der Waals surface area contributed by atoms with Gasteiger partial charge in [-0.25, -0.2) is 19.9 Å². The summed E-state index contributed by atoms with van der Waals surface area (Å²) in [5, 5.41) is 0. The normalized spacial score (nSPS) is 11.1. The van der Waals surface area contributed by atoms with E-state index in [1.54, 1.807) is 0 Å². The summed E-state index contributed by atoms with van der Waals surface area (Å²) >= 11 is 0. The van der Waals surface area contributed by atoms with E-state index in [4.69, 9.17) is 19.9 Å². The second-order valence-electron chi connectivity index (χ2n) is 12.3. The zero-order valence-corrected chi connectivity index (χ0v) is 27.6. The van der Waals surface area contributed by atoms with Gasteiger partial charge in [-0.15, -0.1) is 0 Å². The predicted molar refractivity (Wildman–Crippen MR) is 207 cm³/mol. The molecule has 3 aromatic heterocycles. The standard InChI is InChI=1S/C46H31N5/c1-5-16-32(17-6-1)36-24-15-25-37(30-36)45-48-44(35-22-11-4-12-23-35)49-46(50-45)38-27-28-39(40(31-38)33-18-7-2-8-19-33)42-43(34-20-9-3-10-21-34)51-29-14-13-26-41(51)47-42/h1-31H. The molecule has 5 heteroatoms. The lowest BCUT2D eigenvalue weighted by molar-refractivity contribution is 1.07. The summed E-state index contributed by atoms with van der Waals surface area (Å²) in [6, 6.07) is 62.4. The fourth-order valence-electron chi connectivity index (χ4n) is 6.62. The van der Waals surface area contributed by atoms with Gasteiger partial charge < -0.3 is 0 Å². The molecular formula is C46H31N5. The average molecular weight is 654 g/mol. The van der Waals surface area contributed by atoms with Crippen molar-refractivity contribution in [1.82, 2.24) is 24.3 Å². The summed E-state index contributed by atoms with van der Waals surface area (Å²) in [7, 11) is 0. The molecule has 0 fully saturated rings. The van der Waals surface area contributed by atoms with Crippen molar-refractivity contribution in [1.29, 1.82) is 0 Å². The second-order valence-corrected chi connectivity index (χ2v) is 12.3. The Morgan fingerprint density at radius 1 is 0.314 bits per heavy atom. The summed E-state index contributed by atoms with van der Waals surface area (Å²) in [6.45, 7) is 0. The van der Waals surface area contributed by atoms with Crippen LogP contribution in [-0.4, -0.2) is 24.3 Å². The van der Waals surface area contributed by atoms with Crippen molar-refractivity contribution in [3.8, 4) is 78.9 Å². The Hall–Kier alpha value is -6.98. The minimum Gasteiger partial charge on any atom is -0.299 e. The second kappa shape index (κ2) is 13.1. The number of nitrogens with zero attached hydrogens (tertiary/aromatic N) is 5. The number of pyridine rings is 1. The third-order valence-electron chi connectivity index (χ3n) is 9.09. The maximum atomic E-state index is 5.21. The van der Waals surface area contributed by atoms with Gasteiger partial charge in [-0.05, 0) is 46.5 Å². The third kappa shape index (κ3) is 5.87. The quantitative estimate of drug-likeness (QED) is 0.172. The van der Waals surface area contributed by atoms with Gasteiger partial charge in [0.15, 0.2) is 17.5 Å². The minimum atomic E-state index is 0.603. The maximum absolute atomic E-state index is 5.21. The molecule has 0 saturated carbocycles. The molecule has 9 rings (SSSR count). The molecule has 0 atom stereocenters. The van der Waals surface area contributed by atoms with E-state index in [-0.39, 0.29) is 0 Å². The smallest absolute Gasteiger partial charge is 0.164 e. The van der Waals surface area contributed by atoms with Gasteiger partial charge in [0, 0.05) is 34.0 Å². The monoisotopic (exact) mass is 653 g/mol.